The van der Waals surface area contributed by atoms with Gasteiger partial charge in [0, 0.05) is 12.2 Å². The van der Waals surface area contributed by atoms with E-state index in [0.717, 1.165) is 43.6 Å². The lowest BCUT2D eigenvalue weighted by atomic mass is 10.1. The third kappa shape index (κ3) is 2.60. The molecule has 1 aliphatic carbocycles. The number of rotatable bonds is 4. The van der Waals surface area contributed by atoms with E-state index in [-0.39, 0.29) is 5.82 Å². The second-order valence-corrected chi connectivity index (χ2v) is 6.58. The molecule has 2 heterocycles. The van der Waals surface area contributed by atoms with Crippen molar-refractivity contribution in [1.82, 2.24) is 14.7 Å². The number of halogens is 1. The summed E-state index contributed by atoms with van der Waals surface area (Å²) in [4.78, 5) is 13.4. The summed E-state index contributed by atoms with van der Waals surface area (Å²) < 4.78 is 15.1. The van der Waals surface area contributed by atoms with Gasteiger partial charge in [-0.25, -0.2) is 9.07 Å². The number of benzene rings is 1. The Morgan fingerprint density at radius 3 is 2.79 bits per heavy atom. The van der Waals surface area contributed by atoms with Crippen LogP contribution in [0.5, 0.6) is 0 Å². The Labute approximate surface area is 139 Å². The first-order valence-electron chi connectivity index (χ1n) is 8.46. The molecular weight excluding hydrogens is 309 g/mol. The average molecular weight is 329 g/mol. The van der Waals surface area contributed by atoms with Gasteiger partial charge in [-0.05, 0) is 68.5 Å². The van der Waals surface area contributed by atoms with E-state index < -0.39 is 12.0 Å². The van der Waals surface area contributed by atoms with Crippen LogP contribution in [0.1, 0.15) is 36.2 Å². The van der Waals surface area contributed by atoms with Crippen molar-refractivity contribution in [2.75, 3.05) is 6.54 Å². The van der Waals surface area contributed by atoms with Crippen LogP contribution >= 0.6 is 0 Å². The van der Waals surface area contributed by atoms with Gasteiger partial charge in [0.1, 0.15) is 11.9 Å². The molecule has 5 nitrogen and oxygen atoms in total. The Hall–Kier alpha value is -2.21. The topological polar surface area (TPSA) is 58.4 Å². The Bertz CT molecular complexity index is 769. The van der Waals surface area contributed by atoms with Crippen molar-refractivity contribution >= 4 is 5.97 Å². The van der Waals surface area contributed by atoms with Crippen molar-refractivity contribution in [3.05, 3.63) is 47.0 Å². The molecule has 4 rings (SSSR count). The van der Waals surface area contributed by atoms with Gasteiger partial charge in [0.2, 0.25) is 0 Å². The molecule has 1 atom stereocenters. The molecular formula is C18H20FN3O2. The maximum Gasteiger partial charge on any atom is 0.320 e. The molecule has 0 radical (unpaired) electrons. The van der Waals surface area contributed by atoms with E-state index in [9.17, 15) is 14.3 Å². The maximum atomic E-state index is 13.2. The second kappa shape index (κ2) is 6.02. The summed E-state index contributed by atoms with van der Waals surface area (Å²) in [7, 11) is 0. The number of carboxylic acids is 1. The van der Waals surface area contributed by atoms with Crippen LogP contribution < -0.4 is 0 Å². The van der Waals surface area contributed by atoms with Crippen LogP contribution in [-0.4, -0.2) is 38.3 Å². The molecule has 1 aromatic heterocycles. The maximum absolute atomic E-state index is 13.2. The van der Waals surface area contributed by atoms with Gasteiger partial charge in [0.25, 0.3) is 0 Å². The minimum absolute atomic E-state index is 0.260. The number of hydrogen-bond donors (Lipinski definition) is 1. The number of nitrogens with zero attached hydrogens (tertiary/aromatic N) is 3. The minimum atomic E-state index is -0.748. The zero-order valence-electron chi connectivity index (χ0n) is 13.4. The van der Waals surface area contributed by atoms with Crippen molar-refractivity contribution in [1.29, 1.82) is 0 Å². The van der Waals surface area contributed by atoms with Gasteiger partial charge in [-0.3, -0.25) is 9.69 Å². The zero-order valence-corrected chi connectivity index (χ0v) is 13.4. The second-order valence-electron chi connectivity index (χ2n) is 6.58. The lowest BCUT2D eigenvalue weighted by Gasteiger charge is -2.20. The summed E-state index contributed by atoms with van der Waals surface area (Å²) in [5, 5.41) is 14.1. The van der Waals surface area contributed by atoms with Crippen LogP contribution in [0, 0.1) is 5.82 Å². The molecule has 1 aromatic carbocycles. The van der Waals surface area contributed by atoms with Crippen molar-refractivity contribution in [3.63, 3.8) is 0 Å². The van der Waals surface area contributed by atoms with E-state index in [0.29, 0.717) is 13.0 Å². The first-order chi connectivity index (χ1) is 11.6. The first-order valence-corrected chi connectivity index (χ1v) is 8.46. The van der Waals surface area contributed by atoms with Crippen LogP contribution in [0.4, 0.5) is 4.39 Å². The number of carboxylic acid groups (broad SMARTS) is 1. The van der Waals surface area contributed by atoms with Gasteiger partial charge < -0.3 is 5.11 Å². The molecule has 1 saturated heterocycles. The molecule has 0 bridgehead atoms. The van der Waals surface area contributed by atoms with Crippen LogP contribution in [0.3, 0.4) is 0 Å². The first kappa shape index (κ1) is 15.3. The third-order valence-corrected chi connectivity index (χ3v) is 5.09. The number of aromatic nitrogens is 2. The molecule has 0 saturated carbocycles. The summed E-state index contributed by atoms with van der Waals surface area (Å²) in [5.41, 5.74) is 4.26. The third-order valence-electron chi connectivity index (χ3n) is 5.09. The number of hydrogen-bond acceptors (Lipinski definition) is 3. The summed E-state index contributed by atoms with van der Waals surface area (Å²) in [6.45, 7) is 1.38. The highest BCUT2D eigenvalue weighted by Crippen LogP contribution is 2.30. The normalized spacial score (nSPS) is 20.5. The highest BCUT2D eigenvalue weighted by molar-refractivity contribution is 5.73. The smallest absolute Gasteiger partial charge is 0.320 e. The van der Waals surface area contributed by atoms with E-state index in [1.807, 2.05) is 9.58 Å². The summed E-state index contributed by atoms with van der Waals surface area (Å²) in [6, 6.07) is 5.96. The van der Waals surface area contributed by atoms with Crippen molar-refractivity contribution in [3.8, 4) is 5.69 Å². The fraction of sp³-hybridized carbons (Fsp3) is 0.444. The Morgan fingerprint density at radius 2 is 2.04 bits per heavy atom. The van der Waals surface area contributed by atoms with Gasteiger partial charge in [-0.2, -0.15) is 5.10 Å². The predicted octanol–water partition coefficient (Wildman–Crippen LogP) is 2.55. The molecule has 2 aliphatic rings. The monoisotopic (exact) mass is 329 g/mol. The van der Waals surface area contributed by atoms with Crippen LogP contribution in [0.25, 0.3) is 5.69 Å². The largest absolute Gasteiger partial charge is 0.480 e. The number of carbonyl (C=O) groups is 1. The molecule has 1 N–H and O–H groups in total. The predicted molar refractivity (Wildman–Crippen MR) is 86.6 cm³/mol. The van der Waals surface area contributed by atoms with Crippen LogP contribution in [0.15, 0.2) is 24.3 Å². The van der Waals surface area contributed by atoms with Gasteiger partial charge in [0.15, 0.2) is 0 Å². The highest BCUT2D eigenvalue weighted by atomic mass is 19.1. The van der Waals surface area contributed by atoms with E-state index in [2.05, 4.69) is 0 Å². The van der Waals surface area contributed by atoms with Gasteiger partial charge >= 0.3 is 5.97 Å². The van der Waals surface area contributed by atoms with Gasteiger partial charge in [-0.1, -0.05) is 0 Å². The molecule has 6 heteroatoms. The Balaban J connectivity index is 1.66. The summed E-state index contributed by atoms with van der Waals surface area (Å²) in [5.74, 6) is -1.01. The van der Waals surface area contributed by atoms with Crippen molar-refractivity contribution in [2.24, 2.45) is 0 Å². The molecule has 1 fully saturated rings. The standard InChI is InChI=1S/C18H20FN3O2/c19-12-6-8-13(9-7-12)22-16-4-1-3-14(16)15(20-22)11-21-10-2-5-17(21)18(23)24/h6-9,17H,1-5,10-11H2,(H,23,24). The SMILES string of the molecule is O=C(O)C1CCCN1Cc1nn(-c2ccc(F)cc2)c2c1CCC2. The van der Waals surface area contributed by atoms with Crippen molar-refractivity contribution < 1.29 is 14.3 Å². The molecule has 1 unspecified atom stereocenters. The van der Waals surface area contributed by atoms with E-state index in [1.165, 1.54) is 23.4 Å². The van der Waals surface area contributed by atoms with E-state index >= 15 is 0 Å². The van der Waals surface area contributed by atoms with Crippen molar-refractivity contribution in [2.45, 2.75) is 44.7 Å². The Kier molecular flexibility index (Phi) is 3.84. The molecule has 0 amide bonds. The molecule has 2 aromatic rings. The van der Waals surface area contributed by atoms with Crippen LogP contribution in [-0.2, 0) is 24.2 Å². The lowest BCUT2D eigenvalue weighted by Crippen LogP contribution is -2.35. The molecule has 0 spiro atoms. The number of aliphatic carboxylic acids is 1. The fourth-order valence-corrected chi connectivity index (χ4v) is 3.92. The molecule has 126 valence electrons. The number of fused-ring (bicyclic) bond motifs is 1. The van der Waals surface area contributed by atoms with Crippen LogP contribution in [0.2, 0.25) is 0 Å². The van der Waals surface area contributed by atoms with E-state index in [1.54, 1.807) is 12.1 Å². The summed E-state index contributed by atoms with van der Waals surface area (Å²) in [6.07, 6.45) is 4.65. The highest BCUT2D eigenvalue weighted by Gasteiger charge is 2.32. The molecule has 24 heavy (non-hydrogen) atoms. The average Bonchev–Trinajstić information content (AvgIpc) is 3.26. The number of likely N-dealkylation sites (tertiary alicyclic amines) is 1. The minimum Gasteiger partial charge on any atom is -0.480 e. The van der Waals surface area contributed by atoms with E-state index in [4.69, 9.17) is 5.10 Å². The van der Waals surface area contributed by atoms with Gasteiger partial charge in [-0.15, -0.1) is 0 Å². The van der Waals surface area contributed by atoms with Gasteiger partial charge in [0.05, 0.1) is 11.4 Å². The molecule has 1 aliphatic heterocycles. The summed E-state index contributed by atoms with van der Waals surface area (Å²) >= 11 is 0. The zero-order chi connectivity index (χ0) is 16.7. The quantitative estimate of drug-likeness (QED) is 0.936. The Morgan fingerprint density at radius 1 is 1.25 bits per heavy atom. The lowest BCUT2D eigenvalue weighted by molar-refractivity contribution is -0.142. The fourth-order valence-electron chi connectivity index (χ4n) is 3.92.